The van der Waals surface area contributed by atoms with E-state index >= 15 is 0 Å². The second-order valence-electron chi connectivity index (χ2n) is 18.6. The molecule has 17 nitrogen and oxygen atoms in total. The number of fused-ring (bicyclic) bond motifs is 1. The summed E-state index contributed by atoms with van der Waals surface area (Å²) in [6.45, 7) is 16.8. The van der Waals surface area contributed by atoms with Gasteiger partial charge < -0.3 is 45.2 Å². The number of esters is 1. The third kappa shape index (κ3) is 11.1. The first kappa shape index (κ1) is 48.9. The zero-order valence-electron chi connectivity index (χ0n) is 38.9. The van der Waals surface area contributed by atoms with E-state index in [4.69, 9.17) is 29.4 Å². The number of benzene rings is 1. The number of methoxy groups -OCH3 is 1. The number of hydrogen-bond donors (Lipinski definition) is 4. The Labute approximate surface area is 377 Å². The summed E-state index contributed by atoms with van der Waals surface area (Å²) in [5.41, 5.74) is 6.87. The summed E-state index contributed by atoms with van der Waals surface area (Å²) >= 11 is 0. The minimum Gasteiger partial charge on any atom is -0.458 e. The van der Waals surface area contributed by atoms with E-state index in [2.05, 4.69) is 32.9 Å². The fourth-order valence-electron chi connectivity index (χ4n) is 9.92. The molecule has 3 saturated heterocycles. The van der Waals surface area contributed by atoms with Crippen LogP contribution in [0, 0.1) is 17.8 Å². The lowest BCUT2D eigenvalue weighted by Gasteiger charge is -2.46. The Morgan fingerprint density at radius 2 is 1.83 bits per heavy atom. The average Bonchev–Trinajstić information content (AvgIpc) is 3.86. The van der Waals surface area contributed by atoms with Crippen LogP contribution in [0.3, 0.4) is 0 Å². The molecule has 3 fully saturated rings. The number of aryl methyl sites for hydroxylation is 1. The van der Waals surface area contributed by atoms with E-state index in [0.717, 1.165) is 16.8 Å². The van der Waals surface area contributed by atoms with Crippen LogP contribution in [0.5, 0.6) is 0 Å². The highest BCUT2D eigenvalue weighted by atomic mass is 16.7. The highest BCUT2D eigenvalue weighted by Gasteiger charge is 2.58. The van der Waals surface area contributed by atoms with Crippen molar-refractivity contribution in [3.05, 3.63) is 60.6 Å². The van der Waals surface area contributed by atoms with E-state index in [1.807, 2.05) is 77.2 Å². The van der Waals surface area contributed by atoms with Crippen molar-refractivity contribution in [3.63, 3.8) is 0 Å². The minimum absolute atomic E-state index is 0.0362. The number of ether oxygens (including phenoxy) is 5. The van der Waals surface area contributed by atoms with Crippen molar-refractivity contribution in [1.29, 1.82) is 0 Å². The zero-order valence-corrected chi connectivity index (χ0v) is 38.9. The maximum absolute atomic E-state index is 14.5. The third-order valence-corrected chi connectivity index (χ3v) is 13.5. The summed E-state index contributed by atoms with van der Waals surface area (Å²) in [4.78, 5) is 48.5. The Hall–Kier alpha value is -4.52. The molecule has 5 N–H and O–H groups in total. The molecule has 0 saturated carbocycles. The van der Waals surface area contributed by atoms with E-state index in [-0.39, 0.29) is 24.1 Å². The van der Waals surface area contributed by atoms with Crippen LogP contribution < -0.4 is 16.4 Å². The van der Waals surface area contributed by atoms with E-state index in [0.29, 0.717) is 64.0 Å². The lowest BCUT2D eigenvalue weighted by atomic mass is 9.78. The number of nitrogens with zero attached hydrogens (tertiary/aromatic N) is 5. The number of aromatic nitrogens is 4. The number of amides is 1. The highest BCUT2D eigenvalue weighted by Crippen LogP contribution is 2.40. The topological polar surface area (TPSA) is 215 Å². The molecule has 0 bridgehead atoms. The van der Waals surface area contributed by atoms with Crippen molar-refractivity contribution in [3.8, 4) is 11.3 Å². The molecule has 1 aromatic carbocycles. The largest absolute Gasteiger partial charge is 0.458 e. The number of anilines is 1. The second-order valence-corrected chi connectivity index (χ2v) is 18.6. The molecule has 3 aromatic rings. The van der Waals surface area contributed by atoms with Gasteiger partial charge in [0.15, 0.2) is 17.7 Å². The molecule has 13 atom stereocenters. The number of nitrogens with two attached hydrogens (primary N) is 1. The molecule has 17 heteroatoms. The number of aliphatic hydroxyl groups excluding tert-OH is 1. The first-order valence-corrected chi connectivity index (χ1v) is 22.9. The number of rotatable bonds is 13. The SMILES string of the molecule is CC[C@H]1OC(=O)[C@H](C)C(=O)[C@H](C)[C@@H](O[C@@H]2OC(C)CC(NCc3cccnc3)C2O)[C@](C)(OC)C[C@@H](C)CN[C@H](C)[C@H]2N(CCCCn3cc(-c4cccc(N)c4)nn3)C(=O)O[C@]12C. The van der Waals surface area contributed by atoms with Gasteiger partial charge in [0.2, 0.25) is 0 Å². The van der Waals surface area contributed by atoms with E-state index in [9.17, 15) is 19.5 Å². The molecule has 6 rings (SSSR count). The van der Waals surface area contributed by atoms with Gasteiger partial charge in [0, 0.05) is 68.4 Å². The molecule has 0 aliphatic carbocycles. The number of nitrogen functional groups attached to an aromatic ring is 1. The van der Waals surface area contributed by atoms with Crippen molar-refractivity contribution in [2.75, 3.05) is 25.9 Å². The number of carbonyl (C=O) groups is 3. The van der Waals surface area contributed by atoms with Gasteiger partial charge in [0.05, 0.1) is 30.0 Å². The number of pyridine rings is 1. The van der Waals surface area contributed by atoms with Crippen LogP contribution in [-0.4, -0.2) is 128 Å². The quantitative estimate of drug-likeness (QED) is 0.0777. The Morgan fingerprint density at radius 3 is 2.53 bits per heavy atom. The third-order valence-electron chi connectivity index (χ3n) is 13.5. The van der Waals surface area contributed by atoms with Crippen LogP contribution in [-0.2, 0) is 46.4 Å². The first-order chi connectivity index (χ1) is 30.5. The number of nitrogens with one attached hydrogen (secondary N) is 2. The number of aliphatic hydroxyl groups is 1. The predicted molar refractivity (Wildman–Crippen MR) is 239 cm³/mol. The molecule has 352 valence electrons. The molecule has 0 radical (unpaired) electrons. The zero-order chi connectivity index (χ0) is 46.3. The number of ketones is 1. The van der Waals surface area contributed by atoms with Gasteiger partial charge in [-0.2, -0.15) is 0 Å². The monoisotopic (exact) mass is 891 g/mol. The van der Waals surface area contributed by atoms with Gasteiger partial charge in [0.25, 0.3) is 0 Å². The van der Waals surface area contributed by atoms with E-state index in [1.54, 1.807) is 36.0 Å². The highest BCUT2D eigenvalue weighted by molar-refractivity contribution is 6.00. The van der Waals surface area contributed by atoms with Crippen LogP contribution >= 0.6 is 0 Å². The van der Waals surface area contributed by atoms with Gasteiger partial charge in [-0.15, -0.1) is 5.10 Å². The minimum atomic E-state index is -1.25. The van der Waals surface area contributed by atoms with Crippen LogP contribution in [0.1, 0.15) is 93.1 Å². The summed E-state index contributed by atoms with van der Waals surface area (Å²) in [6, 6.07) is 10.1. The molecule has 5 heterocycles. The molecule has 1 amide bonds. The second kappa shape index (κ2) is 21.2. The summed E-state index contributed by atoms with van der Waals surface area (Å²) in [5.74, 6) is -3.27. The lowest BCUT2D eigenvalue weighted by Crippen LogP contribution is -2.61. The van der Waals surface area contributed by atoms with Crippen LogP contribution in [0.2, 0.25) is 0 Å². The van der Waals surface area contributed by atoms with Gasteiger partial charge in [-0.1, -0.05) is 44.2 Å². The number of unbranched alkanes of at least 4 members (excludes halogenated alkanes) is 1. The molecule has 3 unspecified atom stereocenters. The maximum atomic E-state index is 14.5. The molecule has 3 aliphatic rings. The predicted octanol–water partition coefficient (Wildman–Crippen LogP) is 4.91. The smallest absolute Gasteiger partial charge is 0.410 e. The fraction of sp³-hybridized carbons (Fsp3) is 0.660. The van der Waals surface area contributed by atoms with Crippen LogP contribution in [0.15, 0.2) is 55.0 Å². The number of hydrogen-bond acceptors (Lipinski definition) is 15. The molecule has 2 aromatic heterocycles. The summed E-state index contributed by atoms with van der Waals surface area (Å²) in [5, 5.41) is 27.5. The van der Waals surface area contributed by atoms with Crippen LogP contribution in [0.4, 0.5) is 10.5 Å². The number of Topliss-reactive ketones (excluding diaryl/α,β-unsaturated/α-hetero) is 1. The van der Waals surface area contributed by atoms with E-state index < -0.39 is 71.5 Å². The van der Waals surface area contributed by atoms with E-state index in [1.165, 1.54) is 6.92 Å². The molecular weight excluding hydrogens is 821 g/mol. The van der Waals surface area contributed by atoms with Gasteiger partial charge in [-0.3, -0.25) is 24.2 Å². The Balaban J connectivity index is 1.20. The van der Waals surface area contributed by atoms with Crippen molar-refractivity contribution >= 4 is 23.5 Å². The number of cyclic esters (lactones) is 1. The van der Waals surface area contributed by atoms with Gasteiger partial charge in [-0.25, -0.2) is 4.79 Å². The molecule has 64 heavy (non-hydrogen) atoms. The summed E-state index contributed by atoms with van der Waals surface area (Å²) in [7, 11) is 1.58. The lowest BCUT2D eigenvalue weighted by molar-refractivity contribution is -0.290. The van der Waals surface area contributed by atoms with Gasteiger partial charge >= 0.3 is 12.1 Å². The number of carbonyl (C=O) groups excluding carboxylic acids is 3. The summed E-state index contributed by atoms with van der Waals surface area (Å²) in [6.07, 6.45) is 3.27. The normalized spacial score (nSPS) is 34.4. The molecule has 0 spiro atoms. The van der Waals surface area contributed by atoms with Crippen molar-refractivity contribution in [2.45, 2.75) is 161 Å². The average molecular weight is 891 g/mol. The van der Waals surface area contributed by atoms with Crippen molar-refractivity contribution in [2.24, 2.45) is 17.8 Å². The Kier molecular flexibility index (Phi) is 16.2. The van der Waals surface area contributed by atoms with Crippen molar-refractivity contribution in [1.82, 2.24) is 35.5 Å². The van der Waals surface area contributed by atoms with Crippen molar-refractivity contribution < 1.29 is 43.2 Å². The first-order valence-electron chi connectivity index (χ1n) is 22.9. The summed E-state index contributed by atoms with van der Waals surface area (Å²) < 4.78 is 33.5. The Bertz CT molecular complexity index is 2020. The maximum Gasteiger partial charge on any atom is 0.410 e. The Morgan fingerprint density at radius 1 is 1.06 bits per heavy atom. The van der Waals surface area contributed by atoms with Gasteiger partial charge in [0.1, 0.15) is 23.8 Å². The van der Waals surface area contributed by atoms with Crippen LogP contribution in [0.25, 0.3) is 11.3 Å². The van der Waals surface area contributed by atoms with Gasteiger partial charge in [-0.05, 0) is 103 Å². The molecular formula is C47H70N8O9. The fourth-order valence-corrected chi connectivity index (χ4v) is 9.92. The molecule has 3 aliphatic heterocycles. The standard InChI is InChI=1S/C47H70N8O9/c1-10-38-47(8)41(55(45(59)64-47)20-12-11-19-54-27-37(52-53-54)34-16-13-17-35(48)22-34)32(6)50-24-28(2)23-46(7,60-9)42(30(4)39(56)31(5)43(58)62-38)63-44-40(57)36(21-29(3)61-44)51-26-33-15-14-18-49-25-33/h13-18,22,25,27-32,36,38,40-42,44,50-51,57H,10-12,19-21,23-24,26,48H2,1-9H3/t28-,29?,30+,31-,32-,36?,38-,40?,41-,42-,44+,46-,47-/m1/s1.